The number of ether oxygens (including phenoxy) is 2. The maximum Gasteiger partial charge on any atom is 0.324 e. The lowest BCUT2D eigenvalue weighted by molar-refractivity contribution is 0.102. The van der Waals surface area contributed by atoms with Crippen molar-refractivity contribution in [2.45, 2.75) is 13.0 Å². The maximum absolute atomic E-state index is 13.1. The summed E-state index contributed by atoms with van der Waals surface area (Å²) in [6.45, 7) is 1.92. The second-order valence-corrected chi connectivity index (χ2v) is 7.76. The van der Waals surface area contributed by atoms with Crippen LogP contribution in [0.2, 0.25) is 0 Å². The SMILES string of the molecule is COc1ccc(CN2CCCN(c3ccc(NC(=O)c4ccccc4OC)cc3)C2=O)cc1. The average Bonchev–Trinajstić information content (AvgIpc) is 2.86. The zero-order valence-corrected chi connectivity index (χ0v) is 18.8. The molecule has 170 valence electrons. The van der Waals surface area contributed by atoms with E-state index in [0.29, 0.717) is 36.6 Å². The van der Waals surface area contributed by atoms with Crippen molar-refractivity contribution in [2.24, 2.45) is 0 Å². The fourth-order valence-corrected chi connectivity index (χ4v) is 3.87. The first kappa shape index (κ1) is 22.2. The number of hydrogen-bond donors (Lipinski definition) is 1. The van der Waals surface area contributed by atoms with Crippen molar-refractivity contribution in [3.8, 4) is 11.5 Å². The lowest BCUT2D eigenvalue weighted by Gasteiger charge is -2.35. The molecule has 3 aromatic rings. The molecule has 0 spiro atoms. The Labute approximate surface area is 193 Å². The predicted molar refractivity (Wildman–Crippen MR) is 128 cm³/mol. The van der Waals surface area contributed by atoms with Crippen LogP contribution in [0.25, 0.3) is 0 Å². The standard InChI is InChI=1S/C26H27N3O4/c1-32-22-14-8-19(9-15-22)18-28-16-5-17-29(26(28)31)21-12-10-20(11-13-21)27-25(30)23-6-3-4-7-24(23)33-2/h3-4,6-15H,5,16-18H2,1-2H3,(H,27,30). The van der Waals surface area contributed by atoms with E-state index in [0.717, 1.165) is 23.4 Å². The highest BCUT2D eigenvalue weighted by Crippen LogP contribution is 2.25. The van der Waals surface area contributed by atoms with Crippen molar-refractivity contribution >= 4 is 23.3 Å². The summed E-state index contributed by atoms with van der Waals surface area (Å²) in [5.74, 6) is 1.06. The van der Waals surface area contributed by atoms with Crippen LogP contribution in [-0.2, 0) is 6.54 Å². The molecular weight excluding hydrogens is 418 g/mol. The molecular formula is C26H27N3O4. The maximum atomic E-state index is 13.1. The van der Waals surface area contributed by atoms with Crippen molar-refractivity contribution in [3.05, 3.63) is 83.9 Å². The second-order valence-electron chi connectivity index (χ2n) is 7.76. The number of para-hydroxylation sites is 1. The van der Waals surface area contributed by atoms with Gasteiger partial charge in [-0.15, -0.1) is 0 Å². The quantitative estimate of drug-likeness (QED) is 0.568. The number of rotatable bonds is 7. The fourth-order valence-electron chi connectivity index (χ4n) is 3.87. The van der Waals surface area contributed by atoms with Gasteiger partial charge in [-0.1, -0.05) is 24.3 Å². The van der Waals surface area contributed by atoms with Crippen LogP contribution in [-0.4, -0.2) is 44.1 Å². The first-order valence-corrected chi connectivity index (χ1v) is 10.8. The topological polar surface area (TPSA) is 71.1 Å². The summed E-state index contributed by atoms with van der Waals surface area (Å²) in [7, 11) is 3.17. The highest BCUT2D eigenvalue weighted by atomic mass is 16.5. The number of benzene rings is 3. The summed E-state index contributed by atoms with van der Waals surface area (Å²) in [5, 5.41) is 2.88. The largest absolute Gasteiger partial charge is 0.497 e. The van der Waals surface area contributed by atoms with Crippen molar-refractivity contribution in [1.29, 1.82) is 0 Å². The predicted octanol–water partition coefficient (Wildman–Crippen LogP) is 4.79. The molecule has 1 aliphatic rings. The molecule has 0 aromatic heterocycles. The van der Waals surface area contributed by atoms with Crippen LogP contribution in [0.4, 0.5) is 16.2 Å². The van der Waals surface area contributed by atoms with Gasteiger partial charge in [0.25, 0.3) is 5.91 Å². The van der Waals surface area contributed by atoms with Gasteiger partial charge in [-0.3, -0.25) is 9.69 Å². The van der Waals surface area contributed by atoms with Crippen LogP contribution in [0, 0.1) is 0 Å². The Kier molecular flexibility index (Phi) is 6.78. The van der Waals surface area contributed by atoms with E-state index in [2.05, 4.69) is 5.32 Å². The Balaban J connectivity index is 1.42. The van der Waals surface area contributed by atoms with Gasteiger partial charge in [-0.2, -0.15) is 0 Å². The van der Waals surface area contributed by atoms with Crippen molar-refractivity contribution < 1.29 is 19.1 Å². The van der Waals surface area contributed by atoms with Gasteiger partial charge in [0, 0.05) is 31.0 Å². The lowest BCUT2D eigenvalue weighted by Crippen LogP contribution is -2.49. The van der Waals surface area contributed by atoms with Gasteiger partial charge in [0.1, 0.15) is 11.5 Å². The normalized spacial score (nSPS) is 13.6. The van der Waals surface area contributed by atoms with Crippen molar-refractivity contribution in [2.75, 3.05) is 37.5 Å². The first-order chi connectivity index (χ1) is 16.1. The van der Waals surface area contributed by atoms with Crippen LogP contribution in [0.1, 0.15) is 22.3 Å². The van der Waals surface area contributed by atoms with Crippen molar-refractivity contribution in [3.63, 3.8) is 0 Å². The molecule has 1 aliphatic heterocycles. The summed E-state index contributed by atoms with van der Waals surface area (Å²) in [5.41, 5.74) is 2.97. The molecule has 3 aromatic carbocycles. The number of amides is 3. The van der Waals surface area contributed by atoms with Gasteiger partial charge >= 0.3 is 6.03 Å². The molecule has 1 fully saturated rings. The molecule has 0 atom stereocenters. The summed E-state index contributed by atoms with van der Waals surface area (Å²) < 4.78 is 10.5. The monoisotopic (exact) mass is 445 g/mol. The number of hydrogen-bond acceptors (Lipinski definition) is 4. The lowest BCUT2D eigenvalue weighted by atomic mass is 10.1. The molecule has 0 saturated carbocycles. The minimum absolute atomic E-state index is 0.0251. The number of urea groups is 1. The third kappa shape index (κ3) is 5.09. The number of nitrogens with one attached hydrogen (secondary N) is 1. The molecule has 33 heavy (non-hydrogen) atoms. The van der Waals surface area contributed by atoms with Gasteiger partial charge in [0.2, 0.25) is 0 Å². The zero-order valence-electron chi connectivity index (χ0n) is 18.8. The van der Waals surface area contributed by atoms with E-state index in [4.69, 9.17) is 9.47 Å². The summed E-state index contributed by atoms with van der Waals surface area (Å²) in [4.78, 5) is 29.4. The number of anilines is 2. The van der Waals surface area contributed by atoms with E-state index in [9.17, 15) is 9.59 Å². The Morgan fingerprint density at radius 3 is 2.33 bits per heavy atom. The molecule has 1 saturated heterocycles. The third-order valence-electron chi connectivity index (χ3n) is 5.63. The van der Waals surface area contributed by atoms with Crippen LogP contribution < -0.4 is 19.7 Å². The second kappa shape index (κ2) is 10.1. The number of nitrogens with zero attached hydrogens (tertiary/aromatic N) is 2. The highest BCUT2D eigenvalue weighted by Gasteiger charge is 2.26. The van der Waals surface area contributed by atoms with E-state index in [-0.39, 0.29) is 11.9 Å². The summed E-state index contributed by atoms with van der Waals surface area (Å²) in [6, 6.07) is 22.1. The van der Waals surface area contributed by atoms with Crippen LogP contribution in [0.3, 0.4) is 0 Å². The fraction of sp³-hybridized carbons (Fsp3) is 0.231. The molecule has 0 bridgehead atoms. The molecule has 0 radical (unpaired) electrons. The van der Waals surface area contributed by atoms with E-state index in [1.807, 2.05) is 47.4 Å². The molecule has 3 amide bonds. The third-order valence-corrected chi connectivity index (χ3v) is 5.63. The Bertz CT molecular complexity index is 1110. The van der Waals surface area contributed by atoms with Gasteiger partial charge in [0.15, 0.2) is 0 Å². The molecule has 0 unspecified atom stereocenters. The Hall–Kier alpha value is -4.00. The minimum Gasteiger partial charge on any atom is -0.497 e. The molecule has 4 rings (SSSR count). The van der Waals surface area contributed by atoms with E-state index in [1.54, 1.807) is 42.3 Å². The number of carbonyl (C=O) groups excluding carboxylic acids is 2. The molecule has 7 heteroatoms. The molecule has 1 N–H and O–H groups in total. The van der Waals surface area contributed by atoms with Crippen LogP contribution in [0.5, 0.6) is 11.5 Å². The molecule has 1 heterocycles. The van der Waals surface area contributed by atoms with Gasteiger partial charge in [-0.05, 0) is 60.5 Å². The van der Waals surface area contributed by atoms with Crippen LogP contribution >= 0.6 is 0 Å². The average molecular weight is 446 g/mol. The van der Waals surface area contributed by atoms with E-state index >= 15 is 0 Å². The van der Waals surface area contributed by atoms with E-state index < -0.39 is 0 Å². The molecule has 0 aliphatic carbocycles. The first-order valence-electron chi connectivity index (χ1n) is 10.8. The molecule has 7 nitrogen and oxygen atoms in total. The summed E-state index contributed by atoms with van der Waals surface area (Å²) >= 11 is 0. The number of methoxy groups -OCH3 is 2. The summed E-state index contributed by atoms with van der Waals surface area (Å²) in [6.07, 6.45) is 0.883. The minimum atomic E-state index is -0.250. The highest BCUT2D eigenvalue weighted by molar-refractivity contribution is 6.06. The van der Waals surface area contributed by atoms with Crippen molar-refractivity contribution in [1.82, 2.24) is 4.90 Å². The van der Waals surface area contributed by atoms with E-state index in [1.165, 1.54) is 7.11 Å². The smallest absolute Gasteiger partial charge is 0.324 e. The van der Waals surface area contributed by atoms with Gasteiger partial charge in [0.05, 0.1) is 19.8 Å². The van der Waals surface area contributed by atoms with Gasteiger partial charge in [-0.25, -0.2) is 4.79 Å². The Morgan fingerprint density at radius 2 is 1.64 bits per heavy atom. The van der Waals surface area contributed by atoms with Gasteiger partial charge < -0.3 is 19.7 Å². The zero-order chi connectivity index (χ0) is 23.2. The Morgan fingerprint density at radius 1 is 0.909 bits per heavy atom. The van der Waals surface area contributed by atoms with Crippen LogP contribution in [0.15, 0.2) is 72.8 Å². The number of carbonyl (C=O) groups is 2.